The number of aliphatic hydroxyl groups is 1. The average Bonchev–Trinajstić information content (AvgIpc) is 2.64. The highest BCUT2D eigenvalue weighted by atomic mass is 32.2. The van der Waals surface area contributed by atoms with Gasteiger partial charge in [0.25, 0.3) is 10.0 Å². The number of aryl methyl sites for hydroxylation is 4. The molecule has 3 aromatic rings. The van der Waals surface area contributed by atoms with Crippen LogP contribution in [-0.4, -0.2) is 23.5 Å². The summed E-state index contributed by atoms with van der Waals surface area (Å²) in [7, 11) is -4.13. The Morgan fingerprint density at radius 1 is 1.03 bits per heavy atom. The molecule has 0 aliphatic heterocycles. The fraction of sp³-hybridized carbons (Fsp3) is 0.238. The van der Waals surface area contributed by atoms with Crippen molar-refractivity contribution in [3.8, 4) is 11.6 Å². The first-order valence-electron chi connectivity index (χ1n) is 9.23. The van der Waals surface area contributed by atoms with E-state index in [1.54, 1.807) is 19.1 Å². The maximum atomic E-state index is 12.6. The molecule has 2 heterocycles. The molecule has 3 rings (SSSR count). The minimum Gasteiger partial charge on any atom is -0.438 e. The molecule has 0 radical (unpaired) electrons. The molecule has 0 saturated carbocycles. The molecular formula is C21H24N4O4S. The molecule has 1 aromatic carbocycles. The van der Waals surface area contributed by atoms with Crippen LogP contribution in [-0.2, 0) is 10.0 Å². The van der Waals surface area contributed by atoms with Crippen LogP contribution in [0.4, 0.5) is 5.82 Å². The number of ether oxygens (including phenoxy) is 1. The number of pyridine rings is 2. The van der Waals surface area contributed by atoms with E-state index in [9.17, 15) is 13.5 Å². The highest BCUT2D eigenvalue weighted by molar-refractivity contribution is 7.89. The van der Waals surface area contributed by atoms with Crippen LogP contribution in [0.25, 0.3) is 0 Å². The maximum Gasteiger partial charge on any atom is 0.260 e. The summed E-state index contributed by atoms with van der Waals surface area (Å²) in [6.07, 6.45) is -1.60. The standard InChI is InChI=1S/C21H24N4O4S/c1-12-10-13(2)19(14(3)11-12)29-21-16(9-8-15(4)23-21)20(26)25-30(27,28)18-7-5-6-17(22)24-18/h5-11,20,25-26H,1-4H3,(H2,22,24). The number of benzene rings is 1. The number of aromatic nitrogens is 2. The van der Waals surface area contributed by atoms with E-state index >= 15 is 0 Å². The lowest BCUT2D eigenvalue weighted by atomic mass is 10.1. The summed E-state index contributed by atoms with van der Waals surface area (Å²) in [5, 5.41) is 10.4. The monoisotopic (exact) mass is 428 g/mol. The van der Waals surface area contributed by atoms with Crippen molar-refractivity contribution in [2.45, 2.75) is 38.9 Å². The lowest BCUT2D eigenvalue weighted by molar-refractivity contribution is 0.162. The Balaban J connectivity index is 1.95. The molecule has 1 atom stereocenters. The smallest absolute Gasteiger partial charge is 0.260 e. The molecule has 158 valence electrons. The number of nitrogen functional groups attached to an aromatic ring is 1. The predicted molar refractivity (Wildman–Crippen MR) is 114 cm³/mol. The molecule has 1 unspecified atom stereocenters. The highest BCUT2D eigenvalue weighted by Gasteiger charge is 2.25. The number of nitrogens with zero attached hydrogens (tertiary/aromatic N) is 2. The van der Waals surface area contributed by atoms with Gasteiger partial charge in [-0.1, -0.05) is 23.8 Å². The van der Waals surface area contributed by atoms with Crippen molar-refractivity contribution < 1.29 is 18.3 Å². The topological polar surface area (TPSA) is 127 Å². The average molecular weight is 429 g/mol. The first kappa shape index (κ1) is 21.7. The van der Waals surface area contributed by atoms with Crippen molar-refractivity contribution >= 4 is 15.8 Å². The van der Waals surface area contributed by atoms with Crippen LogP contribution in [0.5, 0.6) is 11.6 Å². The van der Waals surface area contributed by atoms with Crippen LogP contribution in [0.2, 0.25) is 0 Å². The maximum absolute atomic E-state index is 12.6. The summed E-state index contributed by atoms with van der Waals surface area (Å²) in [6, 6.07) is 11.4. The van der Waals surface area contributed by atoms with E-state index in [1.165, 1.54) is 18.2 Å². The highest BCUT2D eigenvalue weighted by Crippen LogP contribution is 2.33. The van der Waals surface area contributed by atoms with Crippen LogP contribution in [0.3, 0.4) is 0 Å². The predicted octanol–water partition coefficient (Wildman–Crippen LogP) is 3.05. The van der Waals surface area contributed by atoms with Crippen molar-refractivity contribution in [1.29, 1.82) is 0 Å². The fourth-order valence-corrected chi connectivity index (χ4v) is 4.13. The second kappa shape index (κ2) is 8.39. The zero-order valence-electron chi connectivity index (χ0n) is 17.2. The summed E-state index contributed by atoms with van der Waals surface area (Å²) in [6.45, 7) is 7.59. The molecule has 0 bridgehead atoms. The molecule has 2 aromatic heterocycles. The molecule has 0 saturated heterocycles. The van der Waals surface area contributed by atoms with Gasteiger partial charge in [-0.3, -0.25) is 0 Å². The van der Waals surface area contributed by atoms with E-state index in [-0.39, 0.29) is 22.3 Å². The lowest BCUT2D eigenvalue weighted by Gasteiger charge is -2.19. The molecule has 30 heavy (non-hydrogen) atoms. The number of hydrogen-bond donors (Lipinski definition) is 3. The molecule has 8 nitrogen and oxygen atoms in total. The molecule has 9 heteroatoms. The van der Waals surface area contributed by atoms with Gasteiger partial charge in [0.2, 0.25) is 5.88 Å². The van der Waals surface area contributed by atoms with E-state index < -0.39 is 16.3 Å². The molecular weight excluding hydrogens is 404 g/mol. The van der Waals surface area contributed by atoms with Crippen LogP contribution >= 0.6 is 0 Å². The molecule has 0 amide bonds. The van der Waals surface area contributed by atoms with Crippen molar-refractivity contribution in [1.82, 2.24) is 14.7 Å². The van der Waals surface area contributed by atoms with Gasteiger partial charge in [0.05, 0.1) is 5.56 Å². The van der Waals surface area contributed by atoms with E-state index in [0.29, 0.717) is 11.4 Å². The van der Waals surface area contributed by atoms with Crippen LogP contribution in [0.15, 0.2) is 47.5 Å². The third kappa shape index (κ3) is 4.76. The SMILES string of the molecule is Cc1cc(C)c(Oc2nc(C)ccc2C(O)NS(=O)(=O)c2cccc(N)n2)c(C)c1. The normalized spacial score (nSPS) is 12.6. The van der Waals surface area contributed by atoms with Gasteiger partial charge in [-0.2, -0.15) is 4.72 Å². The van der Waals surface area contributed by atoms with Gasteiger partial charge in [-0.05, 0) is 63.1 Å². The second-order valence-electron chi connectivity index (χ2n) is 7.10. The van der Waals surface area contributed by atoms with Crippen LogP contribution < -0.4 is 15.2 Å². The van der Waals surface area contributed by atoms with Crippen molar-refractivity contribution in [2.75, 3.05) is 5.73 Å². The van der Waals surface area contributed by atoms with Gasteiger partial charge in [0.15, 0.2) is 5.03 Å². The number of nitrogens with two attached hydrogens (primary N) is 1. The zero-order valence-corrected chi connectivity index (χ0v) is 18.0. The van der Waals surface area contributed by atoms with E-state index in [4.69, 9.17) is 10.5 Å². The van der Waals surface area contributed by atoms with Gasteiger partial charge in [0.1, 0.15) is 17.8 Å². The summed E-state index contributed by atoms with van der Waals surface area (Å²) in [5.41, 5.74) is 9.30. The quantitative estimate of drug-likeness (QED) is 0.515. The Bertz CT molecular complexity index is 1170. The Labute approximate surface area is 175 Å². The first-order valence-corrected chi connectivity index (χ1v) is 10.7. The van der Waals surface area contributed by atoms with Gasteiger partial charge < -0.3 is 15.6 Å². The Morgan fingerprint density at radius 3 is 2.33 bits per heavy atom. The van der Waals surface area contributed by atoms with Crippen LogP contribution in [0.1, 0.15) is 34.2 Å². The Morgan fingerprint density at radius 2 is 1.70 bits per heavy atom. The third-order valence-corrected chi connectivity index (χ3v) is 5.73. The summed E-state index contributed by atoms with van der Waals surface area (Å²) >= 11 is 0. The van der Waals surface area contributed by atoms with Crippen molar-refractivity contribution in [2.24, 2.45) is 0 Å². The number of aliphatic hydroxyl groups excluding tert-OH is 1. The summed E-state index contributed by atoms with van der Waals surface area (Å²) in [4.78, 5) is 8.15. The second-order valence-corrected chi connectivity index (χ2v) is 8.76. The minimum atomic E-state index is -4.13. The lowest BCUT2D eigenvalue weighted by Crippen LogP contribution is -2.29. The Kier molecular flexibility index (Phi) is 6.06. The molecule has 0 aliphatic rings. The first-order chi connectivity index (χ1) is 14.1. The molecule has 0 spiro atoms. The summed E-state index contributed by atoms with van der Waals surface area (Å²) < 4.78 is 33.4. The molecule has 0 fully saturated rings. The number of sulfonamides is 1. The van der Waals surface area contributed by atoms with E-state index in [2.05, 4.69) is 14.7 Å². The van der Waals surface area contributed by atoms with Crippen molar-refractivity contribution in [3.05, 3.63) is 70.4 Å². The van der Waals surface area contributed by atoms with Gasteiger partial charge in [-0.15, -0.1) is 0 Å². The Hall–Kier alpha value is -3.01. The third-order valence-electron chi connectivity index (χ3n) is 4.41. The number of rotatable bonds is 6. The fourth-order valence-electron chi connectivity index (χ4n) is 3.11. The molecule has 4 N–H and O–H groups in total. The molecule has 0 aliphatic carbocycles. The van der Waals surface area contributed by atoms with E-state index in [0.717, 1.165) is 16.7 Å². The van der Waals surface area contributed by atoms with Gasteiger partial charge >= 0.3 is 0 Å². The van der Waals surface area contributed by atoms with Crippen molar-refractivity contribution in [3.63, 3.8) is 0 Å². The zero-order chi connectivity index (χ0) is 22.1. The number of nitrogens with one attached hydrogen (secondary N) is 1. The van der Waals surface area contributed by atoms with E-state index in [1.807, 2.05) is 32.9 Å². The number of hydrogen-bond acceptors (Lipinski definition) is 7. The summed E-state index contributed by atoms with van der Waals surface area (Å²) in [5.74, 6) is 0.770. The minimum absolute atomic E-state index is 0.0544. The number of anilines is 1. The van der Waals surface area contributed by atoms with Crippen LogP contribution in [0, 0.1) is 27.7 Å². The van der Waals surface area contributed by atoms with Gasteiger partial charge in [0, 0.05) is 5.69 Å². The van der Waals surface area contributed by atoms with Gasteiger partial charge in [-0.25, -0.2) is 18.4 Å². The largest absolute Gasteiger partial charge is 0.438 e.